The SMILES string of the molecule is CC(C)(CO)Nc1ccc(C(=O)Nc2cccc(N3CCS(=O)(=O)CC3)c2)c(N2CCC3(CC2)CC3)n1. The molecule has 1 aromatic carbocycles. The van der Waals surface area contributed by atoms with E-state index in [-0.39, 0.29) is 24.0 Å². The summed E-state index contributed by atoms with van der Waals surface area (Å²) in [6.07, 6.45) is 4.83. The van der Waals surface area contributed by atoms with Crippen LogP contribution in [0.15, 0.2) is 36.4 Å². The molecule has 1 spiro atoms. The number of aliphatic hydroxyl groups excluding tert-OH is 1. The van der Waals surface area contributed by atoms with Crippen molar-refractivity contribution in [1.82, 2.24) is 4.98 Å². The van der Waals surface area contributed by atoms with Gasteiger partial charge in [0.25, 0.3) is 5.91 Å². The van der Waals surface area contributed by atoms with Gasteiger partial charge in [0.2, 0.25) is 0 Å². The standard InChI is InChI=1S/C27H37N5O4S/c1-26(2,19-33)30-23-7-6-22(24(29-23)32-12-10-27(8-9-27)11-13-32)25(34)28-20-4-3-5-21(18-20)31-14-16-37(35,36)17-15-31/h3-7,18,33H,8-17,19H2,1-2H3,(H,28,34)(H,29,30). The number of nitrogens with zero attached hydrogens (tertiary/aromatic N) is 3. The van der Waals surface area contributed by atoms with Crippen LogP contribution in [0, 0.1) is 5.41 Å². The molecule has 0 bridgehead atoms. The lowest BCUT2D eigenvalue weighted by Crippen LogP contribution is -2.40. The molecule has 2 saturated heterocycles. The molecule has 10 heteroatoms. The van der Waals surface area contributed by atoms with E-state index in [0.717, 1.165) is 31.6 Å². The number of aliphatic hydroxyl groups is 1. The number of nitrogens with one attached hydrogen (secondary N) is 2. The van der Waals surface area contributed by atoms with Crippen LogP contribution in [0.25, 0.3) is 0 Å². The van der Waals surface area contributed by atoms with Crippen LogP contribution < -0.4 is 20.4 Å². The van der Waals surface area contributed by atoms with Gasteiger partial charge in [-0.15, -0.1) is 0 Å². The van der Waals surface area contributed by atoms with E-state index in [1.165, 1.54) is 12.8 Å². The van der Waals surface area contributed by atoms with E-state index in [4.69, 9.17) is 4.98 Å². The fourth-order valence-electron chi connectivity index (χ4n) is 5.14. The molecule has 3 fully saturated rings. The highest BCUT2D eigenvalue weighted by Crippen LogP contribution is 2.54. The largest absolute Gasteiger partial charge is 0.394 e. The molecular formula is C27H37N5O4S. The molecule has 3 heterocycles. The zero-order valence-electron chi connectivity index (χ0n) is 21.7. The maximum absolute atomic E-state index is 13.5. The van der Waals surface area contributed by atoms with Crippen LogP contribution in [0.4, 0.5) is 23.0 Å². The second kappa shape index (κ2) is 9.79. The Morgan fingerprint density at radius 2 is 1.73 bits per heavy atom. The highest BCUT2D eigenvalue weighted by Gasteiger charge is 2.45. The van der Waals surface area contributed by atoms with Gasteiger partial charge in [0, 0.05) is 37.6 Å². The smallest absolute Gasteiger partial charge is 0.259 e. The molecule has 200 valence electrons. The monoisotopic (exact) mass is 527 g/mol. The number of carbonyl (C=O) groups is 1. The third kappa shape index (κ3) is 6.01. The Balaban J connectivity index is 1.36. The van der Waals surface area contributed by atoms with Crippen LogP contribution in [0.2, 0.25) is 0 Å². The quantitative estimate of drug-likeness (QED) is 0.503. The maximum atomic E-state index is 13.5. The number of sulfone groups is 1. The summed E-state index contributed by atoms with van der Waals surface area (Å²) in [5.74, 6) is 1.33. The Labute approximate surface area is 219 Å². The van der Waals surface area contributed by atoms with Gasteiger partial charge in [0.15, 0.2) is 9.84 Å². The van der Waals surface area contributed by atoms with E-state index in [1.807, 2.05) is 43.0 Å². The number of hydrogen-bond acceptors (Lipinski definition) is 8. The van der Waals surface area contributed by atoms with Crippen molar-refractivity contribution in [2.24, 2.45) is 5.41 Å². The first kappa shape index (κ1) is 25.8. The molecule has 9 nitrogen and oxygen atoms in total. The zero-order valence-corrected chi connectivity index (χ0v) is 22.5. The minimum Gasteiger partial charge on any atom is -0.394 e. The molecule has 2 aliphatic heterocycles. The summed E-state index contributed by atoms with van der Waals surface area (Å²) in [5, 5.41) is 16.0. The molecule has 1 aliphatic carbocycles. The summed E-state index contributed by atoms with van der Waals surface area (Å²) in [6.45, 7) is 6.39. The summed E-state index contributed by atoms with van der Waals surface area (Å²) in [6, 6.07) is 11.1. The van der Waals surface area contributed by atoms with Crippen molar-refractivity contribution >= 4 is 38.8 Å². The fourth-order valence-corrected chi connectivity index (χ4v) is 6.34. The predicted octanol–water partition coefficient (Wildman–Crippen LogP) is 3.13. The average Bonchev–Trinajstić information content (AvgIpc) is 3.63. The summed E-state index contributed by atoms with van der Waals surface area (Å²) in [4.78, 5) is 22.6. The summed E-state index contributed by atoms with van der Waals surface area (Å²) in [7, 11) is -2.97. The van der Waals surface area contributed by atoms with Crippen molar-refractivity contribution in [3.8, 4) is 0 Å². The number of rotatable bonds is 7. The number of aromatic nitrogens is 1. The number of pyridine rings is 1. The molecule has 2 aromatic rings. The number of amides is 1. The first-order chi connectivity index (χ1) is 17.6. The van der Waals surface area contributed by atoms with Crippen molar-refractivity contribution in [3.05, 3.63) is 42.0 Å². The van der Waals surface area contributed by atoms with E-state index in [0.29, 0.717) is 41.4 Å². The first-order valence-electron chi connectivity index (χ1n) is 13.1. The lowest BCUT2D eigenvalue weighted by atomic mass is 9.93. The van der Waals surface area contributed by atoms with E-state index < -0.39 is 15.4 Å². The minimum atomic E-state index is -2.97. The van der Waals surface area contributed by atoms with Crippen LogP contribution in [0.1, 0.15) is 49.9 Å². The molecular weight excluding hydrogens is 490 g/mol. The lowest BCUT2D eigenvalue weighted by molar-refractivity contribution is 0.102. The van der Waals surface area contributed by atoms with Crippen LogP contribution >= 0.6 is 0 Å². The topological polar surface area (TPSA) is 115 Å². The second-order valence-electron chi connectivity index (χ2n) is 11.4. The van der Waals surface area contributed by atoms with E-state index in [2.05, 4.69) is 15.5 Å². The molecule has 3 N–H and O–H groups in total. The highest BCUT2D eigenvalue weighted by molar-refractivity contribution is 7.91. The molecule has 1 saturated carbocycles. The normalized spacial score (nSPS) is 20.5. The van der Waals surface area contributed by atoms with Gasteiger partial charge in [0.05, 0.1) is 29.2 Å². The first-order valence-corrected chi connectivity index (χ1v) is 14.9. The fraction of sp³-hybridized carbons (Fsp3) is 0.556. The number of hydrogen-bond donors (Lipinski definition) is 3. The van der Waals surface area contributed by atoms with Gasteiger partial charge in [0.1, 0.15) is 11.6 Å². The van der Waals surface area contributed by atoms with Gasteiger partial charge in [-0.05, 0) is 75.3 Å². The zero-order chi connectivity index (χ0) is 26.3. The van der Waals surface area contributed by atoms with Crippen molar-refractivity contribution in [2.45, 2.75) is 45.1 Å². The van der Waals surface area contributed by atoms with Crippen molar-refractivity contribution in [2.75, 3.05) is 64.7 Å². The molecule has 0 radical (unpaired) electrons. The molecule has 37 heavy (non-hydrogen) atoms. The van der Waals surface area contributed by atoms with Crippen molar-refractivity contribution in [1.29, 1.82) is 0 Å². The molecule has 1 amide bonds. The number of benzene rings is 1. The van der Waals surface area contributed by atoms with Crippen molar-refractivity contribution in [3.63, 3.8) is 0 Å². The average molecular weight is 528 g/mol. The Bertz CT molecular complexity index is 1250. The van der Waals surface area contributed by atoms with E-state index in [9.17, 15) is 18.3 Å². The summed E-state index contributed by atoms with van der Waals surface area (Å²) < 4.78 is 23.6. The lowest BCUT2D eigenvalue weighted by Gasteiger charge is -2.34. The Hall–Kier alpha value is -2.85. The molecule has 1 aromatic heterocycles. The van der Waals surface area contributed by atoms with Crippen LogP contribution in [0.3, 0.4) is 0 Å². The van der Waals surface area contributed by atoms with Crippen LogP contribution in [-0.4, -0.2) is 74.2 Å². The molecule has 0 atom stereocenters. The van der Waals surface area contributed by atoms with Crippen LogP contribution in [-0.2, 0) is 9.84 Å². The Kier molecular flexibility index (Phi) is 6.83. The molecule has 0 unspecified atom stereocenters. The summed E-state index contributed by atoms with van der Waals surface area (Å²) in [5.41, 5.74) is 2.02. The third-order valence-electron chi connectivity index (χ3n) is 7.88. The third-order valence-corrected chi connectivity index (χ3v) is 9.48. The second-order valence-corrected chi connectivity index (χ2v) is 13.7. The van der Waals surface area contributed by atoms with Gasteiger partial charge < -0.3 is 25.5 Å². The Morgan fingerprint density at radius 1 is 1.03 bits per heavy atom. The van der Waals surface area contributed by atoms with Gasteiger partial charge in [-0.3, -0.25) is 4.79 Å². The minimum absolute atomic E-state index is 0.0439. The van der Waals surface area contributed by atoms with Gasteiger partial charge >= 0.3 is 0 Å². The number of piperidine rings is 1. The number of anilines is 4. The Morgan fingerprint density at radius 3 is 2.38 bits per heavy atom. The van der Waals surface area contributed by atoms with E-state index in [1.54, 1.807) is 12.1 Å². The van der Waals surface area contributed by atoms with E-state index >= 15 is 0 Å². The predicted molar refractivity (Wildman–Crippen MR) is 147 cm³/mol. The summed E-state index contributed by atoms with van der Waals surface area (Å²) >= 11 is 0. The van der Waals surface area contributed by atoms with Crippen molar-refractivity contribution < 1.29 is 18.3 Å². The maximum Gasteiger partial charge on any atom is 0.259 e. The van der Waals surface area contributed by atoms with Gasteiger partial charge in [-0.1, -0.05) is 6.07 Å². The van der Waals surface area contributed by atoms with Gasteiger partial charge in [-0.25, -0.2) is 13.4 Å². The highest BCUT2D eigenvalue weighted by atomic mass is 32.2. The molecule has 3 aliphatic rings. The van der Waals surface area contributed by atoms with Crippen LogP contribution in [0.5, 0.6) is 0 Å². The van der Waals surface area contributed by atoms with Gasteiger partial charge in [-0.2, -0.15) is 0 Å². The number of carbonyl (C=O) groups excluding carboxylic acids is 1. The molecule has 5 rings (SSSR count).